The van der Waals surface area contributed by atoms with Crippen LogP contribution in [-0.4, -0.2) is 12.4 Å². The first-order chi connectivity index (χ1) is 13.3. The number of alkyl halides is 6. The molecule has 0 aliphatic heterocycles. The van der Waals surface area contributed by atoms with Crippen LogP contribution < -0.4 is 0 Å². The fraction of sp³-hybridized carbons (Fsp3) is 0.913. The minimum absolute atomic E-state index is 0.0921. The molecule has 4 rings (SSSR count). The number of halogens is 6. The zero-order chi connectivity index (χ0) is 21.4. The average molecular weight is 422 g/mol. The van der Waals surface area contributed by atoms with E-state index in [0.29, 0.717) is 24.7 Å². The van der Waals surface area contributed by atoms with Crippen molar-refractivity contribution in [3.8, 4) is 0 Å². The molecule has 0 aromatic carbocycles. The Kier molecular flexibility index (Phi) is 4.95. The lowest BCUT2D eigenvalue weighted by Gasteiger charge is -2.61. The van der Waals surface area contributed by atoms with Gasteiger partial charge in [0.1, 0.15) is 0 Å². The molecule has 0 nitrogen and oxygen atoms in total. The molecule has 0 N–H and O–H groups in total. The molecule has 0 radical (unpaired) electrons. The molecule has 8 atom stereocenters. The van der Waals surface area contributed by atoms with Crippen molar-refractivity contribution in [2.45, 2.75) is 84.0 Å². The van der Waals surface area contributed by atoms with Crippen molar-refractivity contribution in [2.24, 2.45) is 46.3 Å². The standard InChI is InChI=1S/C23H32F6/c1-13(22(24,25)26)17-6-7-18-16-5-4-14-12-15(23(27,28)29)8-10-20(14,2)19(16)9-11-21(17,18)3/h14-19H,1,4-12H2,2-3H3. The van der Waals surface area contributed by atoms with E-state index in [0.717, 1.165) is 32.1 Å². The van der Waals surface area contributed by atoms with Crippen molar-refractivity contribution < 1.29 is 26.3 Å². The maximum absolute atomic E-state index is 13.4. The van der Waals surface area contributed by atoms with Crippen LogP contribution in [0.15, 0.2) is 12.2 Å². The van der Waals surface area contributed by atoms with E-state index >= 15 is 0 Å². The van der Waals surface area contributed by atoms with Gasteiger partial charge in [0.2, 0.25) is 0 Å². The van der Waals surface area contributed by atoms with E-state index in [2.05, 4.69) is 13.5 Å². The van der Waals surface area contributed by atoms with Crippen LogP contribution >= 0.6 is 0 Å². The van der Waals surface area contributed by atoms with Crippen LogP contribution in [0.3, 0.4) is 0 Å². The third-order valence-electron chi connectivity index (χ3n) is 9.91. The van der Waals surface area contributed by atoms with E-state index in [1.165, 1.54) is 0 Å². The molecule has 4 aliphatic carbocycles. The molecule has 6 heteroatoms. The first-order valence-corrected chi connectivity index (χ1v) is 11.1. The Bertz CT molecular complexity index is 663. The van der Waals surface area contributed by atoms with Gasteiger partial charge in [0.25, 0.3) is 0 Å². The number of rotatable bonds is 1. The van der Waals surface area contributed by atoms with Gasteiger partial charge in [-0.1, -0.05) is 20.4 Å². The van der Waals surface area contributed by atoms with Gasteiger partial charge in [-0.3, -0.25) is 0 Å². The number of allylic oxidation sites excluding steroid dienone is 1. The molecule has 0 amide bonds. The van der Waals surface area contributed by atoms with Gasteiger partial charge in [0.15, 0.2) is 0 Å². The zero-order valence-corrected chi connectivity index (χ0v) is 17.3. The first-order valence-electron chi connectivity index (χ1n) is 11.1. The summed E-state index contributed by atoms with van der Waals surface area (Å²) in [6, 6.07) is 0. The maximum atomic E-state index is 13.4. The largest absolute Gasteiger partial charge is 0.412 e. The van der Waals surface area contributed by atoms with Gasteiger partial charge in [0.05, 0.1) is 5.92 Å². The maximum Gasteiger partial charge on any atom is 0.412 e. The second-order valence-electron chi connectivity index (χ2n) is 10.9. The van der Waals surface area contributed by atoms with Crippen LogP contribution in [0.25, 0.3) is 0 Å². The molecule has 4 aliphatic rings. The van der Waals surface area contributed by atoms with Crippen LogP contribution in [0.2, 0.25) is 0 Å². The Labute approximate surface area is 169 Å². The normalized spacial score (nSPS) is 47.9. The molecule has 0 aromatic rings. The highest BCUT2D eigenvalue weighted by Crippen LogP contribution is 2.69. The molecule has 4 saturated carbocycles. The number of hydrogen-bond donors (Lipinski definition) is 0. The third kappa shape index (κ3) is 3.26. The van der Waals surface area contributed by atoms with Gasteiger partial charge in [-0.05, 0) is 98.2 Å². The zero-order valence-electron chi connectivity index (χ0n) is 17.3. The molecule has 0 bridgehead atoms. The predicted molar refractivity (Wildman–Crippen MR) is 100.0 cm³/mol. The fourth-order valence-corrected chi connectivity index (χ4v) is 8.33. The highest BCUT2D eigenvalue weighted by atomic mass is 19.4. The van der Waals surface area contributed by atoms with Gasteiger partial charge < -0.3 is 0 Å². The Morgan fingerprint density at radius 2 is 1.41 bits per heavy atom. The van der Waals surface area contributed by atoms with Crippen molar-refractivity contribution >= 4 is 0 Å². The van der Waals surface area contributed by atoms with Crippen molar-refractivity contribution in [1.82, 2.24) is 0 Å². The SMILES string of the molecule is C=C(C1CCC2C3CCC4CC(C(F)(F)F)CCC4(C)C3CCC12C)C(F)(F)F. The van der Waals surface area contributed by atoms with Crippen molar-refractivity contribution in [2.75, 3.05) is 0 Å². The van der Waals surface area contributed by atoms with Gasteiger partial charge >= 0.3 is 12.4 Å². The Morgan fingerprint density at radius 3 is 2.03 bits per heavy atom. The molecular formula is C23H32F6. The van der Waals surface area contributed by atoms with Gasteiger partial charge in [-0.2, -0.15) is 26.3 Å². The summed E-state index contributed by atoms with van der Waals surface area (Å²) in [6.07, 6.45) is -2.82. The fourth-order valence-electron chi connectivity index (χ4n) is 8.33. The topological polar surface area (TPSA) is 0 Å². The summed E-state index contributed by atoms with van der Waals surface area (Å²) in [5, 5.41) is 0. The van der Waals surface area contributed by atoms with Gasteiger partial charge in [0, 0.05) is 5.57 Å². The smallest absolute Gasteiger partial charge is 0.171 e. The highest BCUT2D eigenvalue weighted by molar-refractivity contribution is 5.19. The van der Waals surface area contributed by atoms with Crippen LogP contribution in [0.5, 0.6) is 0 Å². The number of fused-ring (bicyclic) bond motifs is 5. The lowest BCUT2D eigenvalue weighted by atomic mass is 9.44. The second-order valence-corrected chi connectivity index (χ2v) is 10.9. The minimum atomic E-state index is -4.35. The predicted octanol–water partition coefficient (Wildman–Crippen LogP) is 7.94. The monoisotopic (exact) mass is 422 g/mol. The highest BCUT2D eigenvalue weighted by Gasteiger charge is 2.62. The quantitative estimate of drug-likeness (QED) is 0.297. The summed E-state index contributed by atoms with van der Waals surface area (Å²) in [4.78, 5) is 0. The van der Waals surface area contributed by atoms with Crippen molar-refractivity contribution in [1.29, 1.82) is 0 Å². The number of hydrogen-bond acceptors (Lipinski definition) is 0. The van der Waals surface area contributed by atoms with Crippen LogP contribution in [0.4, 0.5) is 26.3 Å². The molecule has 29 heavy (non-hydrogen) atoms. The molecule has 8 unspecified atom stereocenters. The summed E-state index contributed by atoms with van der Waals surface area (Å²) in [5.41, 5.74) is -1.04. The van der Waals surface area contributed by atoms with E-state index < -0.39 is 29.8 Å². The summed E-state index contributed by atoms with van der Waals surface area (Å²) in [5.74, 6) is -0.661. The van der Waals surface area contributed by atoms with E-state index in [9.17, 15) is 26.3 Å². The Morgan fingerprint density at radius 1 is 0.793 bits per heavy atom. The van der Waals surface area contributed by atoms with Crippen LogP contribution in [0, 0.1) is 46.3 Å². The lowest BCUT2D eigenvalue weighted by Crippen LogP contribution is -2.54. The summed E-state index contributed by atoms with van der Waals surface area (Å²) >= 11 is 0. The van der Waals surface area contributed by atoms with Crippen LogP contribution in [0.1, 0.15) is 71.6 Å². The summed E-state index contributed by atoms with van der Waals surface area (Å²) in [7, 11) is 0. The summed E-state index contributed by atoms with van der Waals surface area (Å²) in [6.45, 7) is 7.64. The minimum Gasteiger partial charge on any atom is -0.171 e. The average Bonchev–Trinajstić information content (AvgIpc) is 2.95. The molecule has 0 spiro atoms. The Hall–Kier alpha value is -0.680. The third-order valence-corrected chi connectivity index (χ3v) is 9.91. The summed E-state index contributed by atoms with van der Waals surface area (Å²) < 4.78 is 80.1. The molecule has 166 valence electrons. The van der Waals surface area contributed by atoms with Gasteiger partial charge in [-0.25, -0.2) is 0 Å². The molecule has 0 saturated heterocycles. The van der Waals surface area contributed by atoms with Crippen molar-refractivity contribution in [3.05, 3.63) is 12.2 Å². The second kappa shape index (κ2) is 6.66. The van der Waals surface area contributed by atoms with Gasteiger partial charge in [-0.15, -0.1) is 0 Å². The molecular weight excluding hydrogens is 390 g/mol. The van der Waals surface area contributed by atoms with Crippen molar-refractivity contribution in [3.63, 3.8) is 0 Å². The molecule has 0 heterocycles. The van der Waals surface area contributed by atoms with E-state index in [1.54, 1.807) is 0 Å². The van der Waals surface area contributed by atoms with Crippen LogP contribution in [-0.2, 0) is 0 Å². The lowest BCUT2D eigenvalue weighted by molar-refractivity contribution is -0.208. The first kappa shape index (κ1) is 21.5. The van der Waals surface area contributed by atoms with E-state index in [4.69, 9.17) is 0 Å². The molecule has 4 fully saturated rings. The van der Waals surface area contributed by atoms with E-state index in [1.807, 2.05) is 6.92 Å². The Balaban J connectivity index is 1.55. The molecule has 0 aromatic heterocycles. The van der Waals surface area contributed by atoms with E-state index in [-0.39, 0.29) is 35.5 Å².